The first-order valence-corrected chi connectivity index (χ1v) is 6.93. The summed E-state index contributed by atoms with van der Waals surface area (Å²) in [5.74, 6) is 1.58. The molecule has 0 spiro atoms. The fraction of sp³-hybridized carbons (Fsp3) is 0.467. The predicted octanol–water partition coefficient (Wildman–Crippen LogP) is 3.97. The monoisotopic (exact) mass is 259 g/mol. The molecule has 1 fully saturated rings. The van der Waals surface area contributed by atoms with Crippen molar-refractivity contribution in [2.24, 2.45) is 0 Å². The van der Waals surface area contributed by atoms with E-state index in [1.807, 2.05) is 6.92 Å². The van der Waals surface area contributed by atoms with Gasteiger partial charge in [-0.15, -0.1) is 0 Å². The minimum atomic E-state index is -0.264. The van der Waals surface area contributed by atoms with Crippen LogP contribution in [0.25, 0.3) is 11.4 Å². The van der Waals surface area contributed by atoms with Crippen LogP contribution < -0.4 is 0 Å². The van der Waals surface area contributed by atoms with E-state index < -0.39 is 0 Å². The van der Waals surface area contributed by atoms with Gasteiger partial charge in [0.2, 0.25) is 0 Å². The van der Waals surface area contributed by atoms with Crippen LogP contribution in [0.2, 0.25) is 0 Å². The molecule has 1 aromatic heterocycles. The van der Waals surface area contributed by atoms with Crippen LogP contribution in [0.4, 0.5) is 4.39 Å². The Morgan fingerprint density at radius 3 is 2.79 bits per heavy atom. The Labute approximate surface area is 112 Å². The molecule has 100 valence electrons. The zero-order valence-electron chi connectivity index (χ0n) is 11.1. The van der Waals surface area contributed by atoms with Crippen LogP contribution in [0, 0.1) is 12.7 Å². The summed E-state index contributed by atoms with van der Waals surface area (Å²) < 4.78 is 13.8. The van der Waals surface area contributed by atoms with Crippen LogP contribution in [0.3, 0.4) is 0 Å². The minimum Gasteiger partial charge on any atom is -0.262 e. The molecule has 0 radical (unpaired) electrons. The first kappa shape index (κ1) is 12.3. The summed E-state index contributed by atoms with van der Waals surface area (Å²) in [6.07, 6.45) is 6.12. The van der Waals surface area contributed by atoms with E-state index in [-0.39, 0.29) is 5.82 Å². The second-order valence-electron chi connectivity index (χ2n) is 5.36. The lowest BCUT2D eigenvalue weighted by atomic mass is 9.89. The van der Waals surface area contributed by atoms with Crippen molar-refractivity contribution >= 4 is 0 Å². The quantitative estimate of drug-likeness (QED) is 0.886. The number of nitrogens with zero attached hydrogens (tertiary/aromatic N) is 2. The highest BCUT2D eigenvalue weighted by Crippen LogP contribution is 2.31. The molecule has 0 bridgehead atoms. The van der Waals surface area contributed by atoms with Gasteiger partial charge in [-0.2, -0.15) is 5.10 Å². The summed E-state index contributed by atoms with van der Waals surface area (Å²) in [4.78, 5) is 4.50. The highest BCUT2D eigenvalue weighted by molar-refractivity contribution is 5.56. The molecule has 4 heteroatoms. The number of hydrogen-bond donors (Lipinski definition) is 1. The van der Waals surface area contributed by atoms with Crippen molar-refractivity contribution in [3.63, 3.8) is 0 Å². The van der Waals surface area contributed by atoms with Crippen LogP contribution in [0.5, 0.6) is 0 Å². The number of hydrogen-bond acceptors (Lipinski definition) is 2. The molecule has 0 saturated heterocycles. The average molecular weight is 259 g/mol. The minimum absolute atomic E-state index is 0.264. The van der Waals surface area contributed by atoms with Crippen LogP contribution in [0.1, 0.15) is 49.4 Å². The van der Waals surface area contributed by atoms with Crippen LogP contribution in [0.15, 0.2) is 18.2 Å². The largest absolute Gasteiger partial charge is 0.262 e. The van der Waals surface area contributed by atoms with Crippen LogP contribution >= 0.6 is 0 Å². The molecule has 0 aliphatic heterocycles. The van der Waals surface area contributed by atoms with E-state index in [9.17, 15) is 4.39 Å². The van der Waals surface area contributed by atoms with Crippen LogP contribution in [-0.4, -0.2) is 15.2 Å². The summed E-state index contributed by atoms with van der Waals surface area (Å²) in [7, 11) is 0. The van der Waals surface area contributed by atoms with Gasteiger partial charge in [-0.3, -0.25) is 5.10 Å². The van der Waals surface area contributed by atoms with Crippen molar-refractivity contribution in [2.75, 3.05) is 0 Å². The van der Waals surface area contributed by atoms with Crippen molar-refractivity contribution in [3.05, 3.63) is 35.4 Å². The van der Waals surface area contributed by atoms with E-state index in [4.69, 9.17) is 0 Å². The van der Waals surface area contributed by atoms with E-state index in [0.29, 0.717) is 17.3 Å². The van der Waals surface area contributed by atoms with E-state index in [0.717, 1.165) is 24.2 Å². The summed E-state index contributed by atoms with van der Waals surface area (Å²) in [6, 6.07) is 5.03. The molecule has 0 unspecified atom stereocenters. The summed E-state index contributed by atoms with van der Waals surface area (Å²) in [6.45, 7) is 1.94. The fourth-order valence-electron chi connectivity index (χ4n) is 2.76. The Kier molecular flexibility index (Phi) is 3.32. The topological polar surface area (TPSA) is 41.6 Å². The number of aryl methyl sites for hydroxylation is 1. The van der Waals surface area contributed by atoms with Gasteiger partial charge < -0.3 is 0 Å². The maximum absolute atomic E-state index is 13.8. The molecule has 0 amide bonds. The third kappa shape index (κ3) is 2.53. The molecule has 3 nitrogen and oxygen atoms in total. The Bertz CT molecular complexity index is 571. The van der Waals surface area contributed by atoms with Gasteiger partial charge >= 0.3 is 0 Å². The number of rotatable bonds is 2. The number of benzene rings is 1. The van der Waals surface area contributed by atoms with Gasteiger partial charge in [0.15, 0.2) is 5.82 Å². The van der Waals surface area contributed by atoms with E-state index in [2.05, 4.69) is 15.2 Å². The molecule has 2 aromatic rings. The Balaban J connectivity index is 1.89. The maximum atomic E-state index is 13.8. The summed E-state index contributed by atoms with van der Waals surface area (Å²) in [5.41, 5.74) is 1.50. The second-order valence-corrected chi connectivity index (χ2v) is 5.36. The molecule has 1 heterocycles. The first-order chi connectivity index (χ1) is 9.24. The van der Waals surface area contributed by atoms with Crippen molar-refractivity contribution in [1.29, 1.82) is 0 Å². The standard InChI is InChI=1S/C15H18FN3/c1-10-7-8-13(16)12(9-10)15-17-14(18-19-15)11-5-3-2-4-6-11/h7-9,11H,2-6H2,1H3,(H,17,18,19). The SMILES string of the molecule is Cc1ccc(F)c(-c2n[nH]c(C3CCCCC3)n2)c1. The molecule has 1 N–H and O–H groups in total. The van der Waals surface area contributed by atoms with E-state index in [1.165, 1.54) is 25.3 Å². The van der Waals surface area contributed by atoms with Crippen molar-refractivity contribution in [2.45, 2.75) is 44.9 Å². The Hall–Kier alpha value is -1.71. The molecule has 19 heavy (non-hydrogen) atoms. The highest BCUT2D eigenvalue weighted by atomic mass is 19.1. The third-order valence-corrected chi connectivity index (χ3v) is 3.86. The molecule has 1 saturated carbocycles. The number of H-pyrrole nitrogens is 1. The third-order valence-electron chi connectivity index (χ3n) is 3.86. The zero-order valence-corrected chi connectivity index (χ0v) is 11.1. The fourth-order valence-corrected chi connectivity index (χ4v) is 2.76. The molecule has 3 rings (SSSR count). The Morgan fingerprint density at radius 2 is 2.00 bits per heavy atom. The van der Waals surface area contributed by atoms with Gasteiger partial charge in [0.05, 0.1) is 5.56 Å². The summed E-state index contributed by atoms with van der Waals surface area (Å²) >= 11 is 0. The smallest absolute Gasteiger partial charge is 0.184 e. The molecule has 1 aliphatic rings. The summed E-state index contributed by atoms with van der Waals surface area (Å²) in [5, 5.41) is 7.18. The van der Waals surface area contributed by atoms with Crippen molar-refractivity contribution in [1.82, 2.24) is 15.2 Å². The maximum Gasteiger partial charge on any atom is 0.184 e. The molecular weight excluding hydrogens is 241 g/mol. The first-order valence-electron chi connectivity index (χ1n) is 6.93. The van der Waals surface area contributed by atoms with Gasteiger partial charge in [-0.1, -0.05) is 30.9 Å². The van der Waals surface area contributed by atoms with Crippen LogP contribution in [-0.2, 0) is 0 Å². The zero-order chi connectivity index (χ0) is 13.2. The second kappa shape index (κ2) is 5.11. The molecule has 1 aromatic carbocycles. The number of aromatic nitrogens is 3. The number of nitrogens with one attached hydrogen (secondary N) is 1. The van der Waals surface area contributed by atoms with Gasteiger partial charge in [-0.05, 0) is 31.9 Å². The molecular formula is C15H18FN3. The predicted molar refractivity (Wildman–Crippen MR) is 72.3 cm³/mol. The lowest BCUT2D eigenvalue weighted by Crippen LogP contribution is -2.06. The van der Waals surface area contributed by atoms with Gasteiger partial charge in [0.1, 0.15) is 11.6 Å². The average Bonchev–Trinajstić information content (AvgIpc) is 2.92. The van der Waals surface area contributed by atoms with Gasteiger partial charge in [0.25, 0.3) is 0 Å². The lowest BCUT2D eigenvalue weighted by Gasteiger charge is -2.18. The van der Waals surface area contributed by atoms with E-state index in [1.54, 1.807) is 12.1 Å². The van der Waals surface area contributed by atoms with E-state index >= 15 is 0 Å². The molecule has 0 atom stereocenters. The molecule has 1 aliphatic carbocycles. The Morgan fingerprint density at radius 1 is 1.21 bits per heavy atom. The highest BCUT2D eigenvalue weighted by Gasteiger charge is 2.20. The number of aromatic amines is 1. The van der Waals surface area contributed by atoms with Crippen molar-refractivity contribution in [3.8, 4) is 11.4 Å². The van der Waals surface area contributed by atoms with Gasteiger partial charge in [0, 0.05) is 5.92 Å². The van der Waals surface area contributed by atoms with Crippen molar-refractivity contribution < 1.29 is 4.39 Å². The lowest BCUT2D eigenvalue weighted by molar-refractivity contribution is 0.429. The van der Waals surface area contributed by atoms with Gasteiger partial charge in [-0.25, -0.2) is 9.37 Å². The normalized spacial score (nSPS) is 16.7. The number of halogens is 1.